The van der Waals surface area contributed by atoms with Crippen LogP contribution in [0.1, 0.15) is 137 Å². The quantitative estimate of drug-likeness (QED) is 0.0824. The van der Waals surface area contributed by atoms with E-state index in [1.54, 1.807) is 61.0 Å². The molecule has 0 heterocycles. The third kappa shape index (κ3) is 13.6. The lowest BCUT2D eigenvalue weighted by atomic mass is 9.79. The third-order valence-electron chi connectivity index (χ3n) is 10.2. The van der Waals surface area contributed by atoms with Crippen molar-refractivity contribution in [2.45, 2.75) is 131 Å². The molecule has 0 amide bonds. The van der Waals surface area contributed by atoms with E-state index in [2.05, 4.69) is 105 Å². The summed E-state index contributed by atoms with van der Waals surface area (Å²) in [5, 5.41) is 22.2. The molecule has 0 aliphatic rings. The monoisotopic (exact) mass is 864 g/mol. The number of phenolic OH excluding ortho intramolecular Hbond substituents is 2. The van der Waals surface area contributed by atoms with Gasteiger partial charge in [-0.25, -0.2) is 9.59 Å². The lowest BCUT2D eigenvalue weighted by Crippen LogP contribution is -2.51. The fourth-order valence-corrected chi connectivity index (χ4v) is 14.0. The first-order chi connectivity index (χ1) is 27.9. The molecule has 4 rings (SSSR count). The van der Waals surface area contributed by atoms with Crippen molar-refractivity contribution in [3.63, 3.8) is 0 Å². The zero-order chi connectivity index (χ0) is 45.9. The van der Waals surface area contributed by atoms with Gasteiger partial charge in [0.1, 0.15) is 24.0 Å². The minimum absolute atomic E-state index is 0.108. The Morgan fingerprint density at radius 2 is 0.836 bits per heavy atom. The Labute approximate surface area is 366 Å². The summed E-state index contributed by atoms with van der Waals surface area (Å²) < 4.78 is 18.0. The van der Waals surface area contributed by atoms with Gasteiger partial charge in [-0.15, -0.1) is 0 Å². The highest BCUT2D eigenvalue weighted by Gasteiger charge is 2.36. The summed E-state index contributed by atoms with van der Waals surface area (Å²) in [6.07, 6.45) is 3.59. The van der Waals surface area contributed by atoms with Gasteiger partial charge in [0.2, 0.25) is 16.6 Å². The van der Waals surface area contributed by atoms with Crippen LogP contribution in [0.25, 0.3) is 0 Å². The van der Waals surface area contributed by atoms with Crippen LogP contribution in [0, 0.1) is 0 Å². The number of nitrogens with zero attached hydrogens (tertiary/aromatic N) is 2. The number of rotatable bonds is 12. The van der Waals surface area contributed by atoms with Gasteiger partial charge < -0.3 is 23.8 Å². The van der Waals surface area contributed by atoms with Gasteiger partial charge in [0.05, 0.1) is 22.5 Å². The van der Waals surface area contributed by atoms with Crippen LogP contribution in [0.3, 0.4) is 0 Å². The van der Waals surface area contributed by atoms with Crippen molar-refractivity contribution in [1.29, 1.82) is 0 Å². The van der Waals surface area contributed by atoms with E-state index >= 15 is 0 Å². The minimum atomic E-state index is -2.52. The van der Waals surface area contributed by atoms with Crippen LogP contribution in [-0.4, -0.2) is 63.7 Å². The molecule has 328 valence electrons. The van der Waals surface area contributed by atoms with Gasteiger partial charge in [-0.05, 0) is 120 Å². The molecule has 11 heteroatoms. The van der Waals surface area contributed by atoms with Gasteiger partial charge in [-0.2, -0.15) is 0 Å². The number of aromatic hydroxyl groups is 2. The standard InChI is InChI=1S/C50H68N2O7Si2/c1-47(2,3)37-25-35(43(53)41(27-37)49(7,8)9)29-51-39-21-17-33(18-22-39)45(55)57-31-60(13,14)59-61(15,16)32-58-46(56)34-19-23-40(24-20-34)52-30-36-26-38(48(4,5)6)28-42(44(36)54)50(10,11)12/h17-30,53-54H,31-32H2,1-16H3. The molecule has 0 aliphatic heterocycles. The predicted molar refractivity (Wildman–Crippen MR) is 255 cm³/mol. The highest BCUT2D eigenvalue weighted by atomic mass is 28.4. The molecule has 9 nitrogen and oxygen atoms in total. The van der Waals surface area contributed by atoms with Gasteiger partial charge >= 0.3 is 11.9 Å². The van der Waals surface area contributed by atoms with Crippen molar-refractivity contribution in [1.82, 2.24) is 0 Å². The van der Waals surface area contributed by atoms with Gasteiger partial charge in [-0.1, -0.05) is 95.2 Å². The summed E-state index contributed by atoms with van der Waals surface area (Å²) in [7, 11) is -5.04. The van der Waals surface area contributed by atoms with E-state index in [0.717, 1.165) is 22.3 Å². The molecule has 4 aromatic carbocycles. The number of esters is 2. The number of carbonyl (C=O) groups is 2. The molecule has 0 radical (unpaired) electrons. The Morgan fingerprint density at radius 3 is 1.11 bits per heavy atom. The smallest absolute Gasteiger partial charge is 0.337 e. The first kappa shape index (κ1) is 48.8. The number of aliphatic imine (C=N–C) groups is 2. The molecule has 4 aromatic rings. The lowest BCUT2D eigenvalue weighted by Gasteiger charge is -2.33. The molecular formula is C50H68N2O7Si2. The Bertz CT molecular complexity index is 2110. The Kier molecular flexibility index (Phi) is 14.6. The molecule has 61 heavy (non-hydrogen) atoms. The average molecular weight is 865 g/mol. The molecular weight excluding hydrogens is 797 g/mol. The zero-order valence-corrected chi connectivity index (χ0v) is 41.3. The summed E-state index contributed by atoms with van der Waals surface area (Å²) in [4.78, 5) is 35.4. The van der Waals surface area contributed by atoms with Crippen LogP contribution in [0.4, 0.5) is 11.4 Å². The van der Waals surface area contributed by atoms with E-state index in [4.69, 9.17) is 13.6 Å². The van der Waals surface area contributed by atoms with Crippen LogP contribution in [-0.2, 0) is 35.2 Å². The number of ether oxygens (including phenoxy) is 2. The summed E-state index contributed by atoms with van der Waals surface area (Å²) in [6, 6.07) is 21.8. The predicted octanol–water partition coefficient (Wildman–Crippen LogP) is 12.3. The van der Waals surface area contributed by atoms with E-state index in [1.165, 1.54) is 0 Å². The van der Waals surface area contributed by atoms with Crippen molar-refractivity contribution >= 4 is 52.4 Å². The van der Waals surface area contributed by atoms with E-state index in [-0.39, 0.29) is 45.6 Å². The van der Waals surface area contributed by atoms with E-state index < -0.39 is 28.6 Å². The maximum atomic E-state index is 13.1. The summed E-state index contributed by atoms with van der Waals surface area (Å²) >= 11 is 0. The number of carbonyl (C=O) groups excluding carboxylic acids is 2. The Morgan fingerprint density at radius 1 is 0.525 bits per heavy atom. The second-order valence-electron chi connectivity index (χ2n) is 21.3. The SMILES string of the molecule is CC(C)(C)c1cc(C=Nc2ccc(C(=O)OC[Si](C)(C)O[Si](C)(C)COC(=O)c3ccc(N=Cc4cc(C(C)(C)C)cc(C(C)(C)C)c4O)cc3)cc2)c(O)c(C(C)(C)C)c1. The summed E-state index contributed by atoms with van der Waals surface area (Å²) in [5.74, 6) is -0.499. The number of benzene rings is 4. The van der Waals surface area contributed by atoms with E-state index in [1.807, 2.05) is 38.3 Å². The molecule has 0 aromatic heterocycles. The first-order valence-corrected chi connectivity index (χ1v) is 27.2. The number of phenols is 2. The van der Waals surface area contributed by atoms with Crippen molar-refractivity contribution < 1.29 is 33.4 Å². The minimum Gasteiger partial charge on any atom is -0.507 e. The van der Waals surface area contributed by atoms with Crippen molar-refractivity contribution in [3.8, 4) is 11.5 Å². The second kappa shape index (κ2) is 18.2. The maximum absolute atomic E-state index is 13.1. The molecule has 0 bridgehead atoms. The van der Waals surface area contributed by atoms with Crippen molar-refractivity contribution in [3.05, 3.63) is 117 Å². The van der Waals surface area contributed by atoms with Gasteiger partial charge in [0, 0.05) is 34.7 Å². The van der Waals surface area contributed by atoms with Crippen LogP contribution >= 0.6 is 0 Å². The van der Waals surface area contributed by atoms with Crippen LogP contribution in [0.15, 0.2) is 82.8 Å². The van der Waals surface area contributed by atoms with Gasteiger partial charge in [-0.3, -0.25) is 9.98 Å². The fraction of sp³-hybridized carbons (Fsp3) is 0.440. The number of hydrogen-bond donors (Lipinski definition) is 2. The Hall–Kier alpha value is -4.85. The summed E-state index contributed by atoms with van der Waals surface area (Å²) in [6.45, 7) is 33.2. The van der Waals surface area contributed by atoms with E-state index in [0.29, 0.717) is 33.6 Å². The van der Waals surface area contributed by atoms with Gasteiger partial charge in [0.15, 0.2) is 0 Å². The van der Waals surface area contributed by atoms with Crippen molar-refractivity contribution in [2.75, 3.05) is 12.5 Å². The van der Waals surface area contributed by atoms with Crippen LogP contribution in [0.2, 0.25) is 26.2 Å². The van der Waals surface area contributed by atoms with Gasteiger partial charge in [0.25, 0.3) is 0 Å². The first-order valence-electron chi connectivity index (χ1n) is 20.9. The highest BCUT2D eigenvalue weighted by Crippen LogP contribution is 2.39. The van der Waals surface area contributed by atoms with E-state index in [9.17, 15) is 19.8 Å². The molecule has 2 N–H and O–H groups in total. The Balaban J connectivity index is 1.32. The lowest BCUT2D eigenvalue weighted by molar-refractivity contribution is 0.0549. The average Bonchev–Trinajstić information content (AvgIpc) is 3.13. The van der Waals surface area contributed by atoms with Crippen LogP contribution < -0.4 is 0 Å². The van der Waals surface area contributed by atoms with Crippen LogP contribution in [0.5, 0.6) is 11.5 Å². The highest BCUT2D eigenvalue weighted by molar-refractivity contribution is 6.84. The fourth-order valence-electron chi connectivity index (χ4n) is 6.63. The largest absolute Gasteiger partial charge is 0.507 e. The topological polar surface area (TPSA) is 127 Å². The third-order valence-corrected chi connectivity index (χ3v) is 16.3. The molecule has 0 fully saturated rings. The molecule has 0 atom stereocenters. The number of hydrogen-bond acceptors (Lipinski definition) is 9. The molecule has 0 saturated heterocycles. The molecule has 0 saturated carbocycles. The molecule has 0 aliphatic carbocycles. The summed E-state index contributed by atoms with van der Waals surface area (Å²) in [5.41, 5.74) is 6.55. The zero-order valence-electron chi connectivity index (χ0n) is 39.3. The molecule has 0 spiro atoms. The molecule has 0 unspecified atom stereocenters. The maximum Gasteiger partial charge on any atom is 0.337 e. The second-order valence-corrected chi connectivity index (χ2v) is 29.7. The normalized spacial score (nSPS) is 13.2. The van der Waals surface area contributed by atoms with Crippen molar-refractivity contribution in [2.24, 2.45) is 9.98 Å².